The SMILES string of the molecule is CC[C@H](C(=O)Nc1ccc(-c2csc(Nc3cccc(OC)c3)n2)cc1)c1ccccc1. The Morgan fingerprint density at radius 2 is 1.78 bits per heavy atom. The largest absolute Gasteiger partial charge is 0.497 e. The average Bonchev–Trinajstić information content (AvgIpc) is 3.29. The van der Waals surface area contributed by atoms with E-state index < -0.39 is 0 Å². The van der Waals surface area contributed by atoms with Gasteiger partial charge in [0, 0.05) is 28.4 Å². The molecule has 32 heavy (non-hydrogen) atoms. The maximum absolute atomic E-state index is 12.8. The number of amides is 1. The maximum atomic E-state index is 12.8. The highest BCUT2D eigenvalue weighted by Gasteiger charge is 2.18. The Morgan fingerprint density at radius 3 is 2.50 bits per heavy atom. The minimum atomic E-state index is -0.167. The van der Waals surface area contributed by atoms with E-state index in [9.17, 15) is 4.79 Å². The first kappa shape index (κ1) is 21.6. The molecule has 0 aliphatic rings. The van der Waals surface area contributed by atoms with Crippen LogP contribution >= 0.6 is 11.3 Å². The lowest BCUT2D eigenvalue weighted by atomic mass is 9.95. The Hall–Kier alpha value is -3.64. The molecule has 0 unspecified atom stereocenters. The third-order valence-corrected chi connectivity index (χ3v) is 5.96. The molecule has 5 nitrogen and oxygen atoms in total. The number of carbonyl (C=O) groups is 1. The molecule has 0 aliphatic heterocycles. The van der Waals surface area contributed by atoms with Crippen LogP contribution in [-0.4, -0.2) is 18.0 Å². The van der Waals surface area contributed by atoms with Crippen LogP contribution in [0.2, 0.25) is 0 Å². The van der Waals surface area contributed by atoms with Gasteiger partial charge in [-0.05, 0) is 36.2 Å². The summed E-state index contributed by atoms with van der Waals surface area (Å²) in [5.41, 5.74) is 4.61. The summed E-state index contributed by atoms with van der Waals surface area (Å²) in [7, 11) is 1.65. The number of methoxy groups -OCH3 is 1. The van der Waals surface area contributed by atoms with E-state index in [1.807, 2.05) is 91.2 Å². The zero-order valence-corrected chi connectivity index (χ0v) is 18.9. The lowest BCUT2D eigenvalue weighted by Crippen LogP contribution is -2.20. The molecule has 1 aromatic heterocycles. The zero-order valence-electron chi connectivity index (χ0n) is 18.0. The molecular formula is C26H25N3O2S. The fourth-order valence-corrected chi connectivity index (χ4v) is 4.24. The van der Waals surface area contributed by atoms with Gasteiger partial charge in [-0.3, -0.25) is 4.79 Å². The summed E-state index contributed by atoms with van der Waals surface area (Å²) in [5, 5.41) is 9.17. The van der Waals surface area contributed by atoms with Crippen molar-refractivity contribution in [2.24, 2.45) is 0 Å². The summed E-state index contributed by atoms with van der Waals surface area (Å²) < 4.78 is 5.27. The third kappa shape index (κ3) is 5.15. The summed E-state index contributed by atoms with van der Waals surface area (Å²) in [6, 6.07) is 25.4. The van der Waals surface area contributed by atoms with E-state index in [0.717, 1.165) is 45.5 Å². The van der Waals surface area contributed by atoms with E-state index >= 15 is 0 Å². The van der Waals surface area contributed by atoms with E-state index in [2.05, 4.69) is 15.6 Å². The van der Waals surface area contributed by atoms with Gasteiger partial charge >= 0.3 is 0 Å². The molecule has 0 bridgehead atoms. The number of benzene rings is 3. The first-order valence-electron chi connectivity index (χ1n) is 10.5. The van der Waals surface area contributed by atoms with Gasteiger partial charge in [-0.15, -0.1) is 11.3 Å². The van der Waals surface area contributed by atoms with Gasteiger partial charge in [0.1, 0.15) is 5.75 Å². The minimum absolute atomic E-state index is 0.00452. The molecule has 0 aliphatic carbocycles. The summed E-state index contributed by atoms with van der Waals surface area (Å²) in [6.07, 6.45) is 0.746. The van der Waals surface area contributed by atoms with Crippen molar-refractivity contribution in [1.82, 2.24) is 4.98 Å². The molecule has 0 fully saturated rings. The Bertz CT molecular complexity index is 1170. The normalized spacial score (nSPS) is 11.6. The number of nitrogens with one attached hydrogen (secondary N) is 2. The number of nitrogens with zero attached hydrogens (tertiary/aromatic N) is 1. The smallest absolute Gasteiger partial charge is 0.231 e. The van der Waals surface area contributed by atoms with Crippen LogP contribution in [-0.2, 0) is 4.79 Å². The Kier molecular flexibility index (Phi) is 6.82. The number of anilines is 3. The van der Waals surface area contributed by atoms with Crippen LogP contribution < -0.4 is 15.4 Å². The van der Waals surface area contributed by atoms with Crippen molar-refractivity contribution >= 4 is 33.8 Å². The lowest BCUT2D eigenvalue weighted by Gasteiger charge is -2.15. The summed E-state index contributed by atoms with van der Waals surface area (Å²) >= 11 is 1.54. The van der Waals surface area contributed by atoms with E-state index in [1.54, 1.807) is 7.11 Å². The molecule has 0 saturated heterocycles. The van der Waals surface area contributed by atoms with Crippen molar-refractivity contribution in [1.29, 1.82) is 0 Å². The van der Waals surface area contributed by atoms with E-state index in [-0.39, 0.29) is 11.8 Å². The monoisotopic (exact) mass is 443 g/mol. The predicted octanol–water partition coefficient (Wildman–Crippen LogP) is 6.69. The summed E-state index contributed by atoms with van der Waals surface area (Å²) in [4.78, 5) is 17.5. The zero-order chi connectivity index (χ0) is 22.3. The van der Waals surface area contributed by atoms with Crippen molar-refractivity contribution in [2.75, 3.05) is 17.7 Å². The molecule has 4 aromatic rings. The first-order chi connectivity index (χ1) is 15.7. The molecule has 0 saturated carbocycles. The first-order valence-corrected chi connectivity index (χ1v) is 11.4. The second-order valence-corrected chi connectivity index (χ2v) is 8.19. The molecule has 0 spiro atoms. The fraction of sp³-hybridized carbons (Fsp3) is 0.154. The van der Waals surface area contributed by atoms with Gasteiger partial charge in [0.25, 0.3) is 0 Å². The lowest BCUT2D eigenvalue weighted by molar-refractivity contribution is -0.117. The van der Waals surface area contributed by atoms with Crippen molar-refractivity contribution in [2.45, 2.75) is 19.3 Å². The highest BCUT2D eigenvalue weighted by molar-refractivity contribution is 7.14. The number of carbonyl (C=O) groups excluding carboxylic acids is 1. The van der Waals surface area contributed by atoms with Gasteiger partial charge in [0.05, 0.1) is 18.7 Å². The van der Waals surface area contributed by atoms with Crippen LogP contribution in [0, 0.1) is 0 Å². The molecule has 4 rings (SSSR count). The molecule has 162 valence electrons. The highest BCUT2D eigenvalue weighted by Crippen LogP contribution is 2.29. The topological polar surface area (TPSA) is 63.2 Å². The van der Waals surface area contributed by atoms with Crippen LogP contribution in [0.4, 0.5) is 16.5 Å². The van der Waals surface area contributed by atoms with Gasteiger partial charge in [-0.25, -0.2) is 4.98 Å². The Balaban J connectivity index is 1.42. The van der Waals surface area contributed by atoms with Crippen LogP contribution in [0.15, 0.2) is 84.2 Å². The van der Waals surface area contributed by atoms with E-state index in [4.69, 9.17) is 4.74 Å². The molecule has 1 heterocycles. The quantitative estimate of drug-likeness (QED) is 0.318. The number of hydrogen-bond acceptors (Lipinski definition) is 5. The molecule has 6 heteroatoms. The van der Waals surface area contributed by atoms with E-state index in [1.165, 1.54) is 11.3 Å². The van der Waals surface area contributed by atoms with Crippen LogP contribution in [0.5, 0.6) is 5.75 Å². The number of aromatic nitrogens is 1. The number of ether oxygens (including phenoxy) is 1. The standard InChI is InChI=1S/C26H25N3O2S/c1-3-23(18-8-5-4-6-9-18)25(30)27-20-14-12-19(13-15-20)24-17-32-26(29-24)28-21-10-7-11-22(16-21)31-2/h4-17,23H,3H2,1-2H3,(H,27,30)(H,28,29)/t23-/m0/s1. The second-order valence-electron chi connectivity index (χ2n) is 7.33. The number of thiazole rings is 1. The van der Waals surface area contributed by atoms with Gasteiger partial charge in [0.2, 0.25) is 5.91 Å². The fourth-order valence-electron chi connectivity index (χ4n) is 3.50. The molecule has 0 radical (unpaired) electrons. The average molecular weight is 444 g/mol. The van der Waals surface area contributed by atoms with Crippen molar-refractivity contribution < 1.29 is 9.53 Å². The predicted molar refractivity (Wildman–Crippen MR) is 132 cm³/mol. The second kappa shape index (κ2) is 10.1. The molecule has 1 amide bonds. The van der Waals surface area contributed by atoms with Crippen molar-refractivity contribution in [3.63, 3.8) is 0 Å². The van der Waals surface area contributed by atoms with Gasteiger partial charge in [-0.2, -0.15) is 0 Å². The van der Waals surface area contributed by atoms with Crippen LogP contribution in [0.25, 0.3) is 11.3 Å². The third-order valence-electron chi connectivity index (χ3n) is 5.20. The van der Waals surface area contributed by atoms with Crippen LogP contribution in [0.3, 0.4) is 0 Å². The number of rotatable bonds is 8. The van der Waals surface area contributed by atoms with Gasteiger partial charge in [-0.1, -0.05) is 55.5 Å². The van der Waals surface area contributed by atoms with Crippen molar-refractivity contribution in [3.8, 4) is 17.0 Å². The van der Waals surface area contributed by atoms with Gasteiger partial charge < -0.3 is 15.4 Å². The Labute approximate surface area is 192 Å². The minimum Gasteiger partial charge on any atom is -0.497 e. The molecule has 2 N–H and O–H groups in total. The number of hydrogen-bond donors (Lipinski definition) is 2. The molecule has 1 atom stereocenters. The molecular weight excluding hydrogens is 418 g/mol. The van der Waals surface area contributed by atoms with Crippen LogP contribution in [0.1, 0.15) is 24.8 Å². The van der Waals surface area contributed by atoms with Gasteiger partial charge in [0.15, 0.2) is 5.13 Å². The van der Waals surface area contributed by atoms with E-state index in [0.29, 0.717) is 0 Å². The summed E-state index contributed by atoms with van der Waals surface area (Å²) in [6.45, 7) is 2.03. The highest BCUT2D eigenvalue weighted by atomic mass is 32.1. The van der Waals surface area contributed by atoms with Crippen molar-refractivity contribution in [3.05, 3.63) is 89.8 Å². The Morgan fingerprint density at radius 1 is 1.00 bits per heavy atom. The molecule has 3 aromatic carbocycles. The summed E-state index contributed by atoms with van der Waals surface area (Å²) in [5.74, 6) is 0.631. The maximum Gasteiger partial charge on any atom is 0.231 e.